The number of nitrogens with one attached hydrogen (secondary N) is 1. The standard InChI is InChI=1S/C15H25N3S/c1-2-16-10-13-11-17-15(19-13)18-9-5-7-12-6-3-4-8-14(12)18/h11-12,14,16H,2-10H2,1H3/t12-,14-/m1/s1. The van der Waals surface area contributed by atoms with E-state index in [4.69, 9.17) is 0 Å². The first-order valence-corrected chi connectivity index (χ1v) is 8.62. The van der Waals surface area contributed by atoms with Gasteiger partial charge in [0.2, 0.25) is 0 Å². The molecule has 19 heavy (non-hydrogen) atoms. The van der Waals surface area contributed by atoms with Crippen molar-refractivity contribution in [1.29, 1.82) is 0 Å². The van der Waals surface area contributed by atoms with E-state index in [1.807, 2.05) is 11.3 Å². The summed E-state index contributed by atoms with van der Waals surface area (Å²) in [7, 11) is 0. The van der Waals surface area contributed by atoms with Crippen LogP contribution in [0.15, 0.2) is 6.20 Å². The summed E-state index contributed by atoms with van der Waals surface area (Å²) in [6.45, 7) is 5.37. The number of rotatable bonds is 4. The van der Waals surface area contributed by atoms with Crippen molar-refractivity contribution in [2.45, 2.75) is 58.0 Å². The van der Waals surface area contributed by atoms with Gasteiger partial charge in [-0.3, -0.25) is 0 Å². The summed E-state index contributed by atoms with van der Waals surface area (Å²) in [6, 6.07) is 0.778. The van der Waals surface area contributed by atoms with Gasteiger partial charge in [0.15, 0.2) is 5.13 Å². The highest BCUT2D eigenvalue weighted by atomic mass is 32.1. The number of nitrogens with zero attached hydrogens (tertiary/aromatic N) is 2. The summed E-state index contributed by atoms with van der Waals surface area (Å²) in [6.07, 6.45) is 10.5. The van der Waals surface area contributed by atoms with Gasteiger partial charge in [-0.15, -0.1) is 11.3 Å². The van der Waals surface area contributed by atoms with Gasteiger partial charge in [0.05, 0.1) is 0 Å². The summed E-state index contributed by atoms with van der Waals surface area (Å²) in [4.78, 5) is 8.68. The average molecular weight is 279 g/mol. The number of piperidine rings is 1. The number of anilines is 1. The van der Waals surface area contributed by atoms with Crippen molar-refractivity contribution >= 4 is 16.5 Å². The molecule has 3 rings (SSSR count). The van der Waals surface area contributed by atoms with E-state index in [2.05, 4.69) is 28.3 Å². The molecule has 0 radical (unpaired) electrons. The van der Waals surface area contributed by atoms with Gasteiger partial charge in [0.1, 0.15) is 0 Å². The van der Waals surface area contributed by atoms with Crippen LogP contribution >= 0.6 is 11.3 Å². The van der Waals surface area contributed by atoms with Gasteiger partial charge >= 0.3 is 0 Å². The maximum Gasteiger partial charge on any atom is 0.185 e. The number of aromatic nitrogens is 1. The monoisotopic (exact) mass is 279 g/mol. The molecule has 0 spiro atoms. The third kappa shape index (κ3) is 2.95. The fraction of sp³-hybridized carbons (Fsp3) is 0.800. The summed E-state index contributed by atoms with van der Waals surface area (Å²) in [5.74, 6) is 0.934. The Morgan fingerprint density at radius 2 is 2.16 bits per heavy atom. The molecule has 2 fully saturated rings. The van der Waals surface area contributed by atoms with Crippen molar-refractivity contribution in [3.8, 4) is 0 Å². The third-order valence-electron chi connectivity index (χ3n) is 4.58. The molecule has 0 amide bonds. The third-order valence-corrected chi connectivity index (χ3v) is 5.61. The zero-order valence-electron chi connectivity index (χ0n) is 11.9. The molecule has 2 aliphatic rings. The Balaban J connectivity index is 1.70. The second-order valence-electron chi connectivity index (χ2n) is 5.84. The molecule has 2 atom stereocenters. The lowest BCUT2D eigenvalue weighted by Gasteiger charge is -2.44. The van der Waals surface area contributed by atoms with Crippen molar-refractivity contribution in [1.82, 2.24) is 10.3 Å². The van der Waals surface area contributed by atoms with Crippen LogP contribution in [0, 0.1) is 5.92 Å². The summed E-state index contributed by atoms with van der Waals surface area (Å²) in [5.41, 5.74) is 0. The van der Waals surface area contributed by atoms with Gasteiger partial charge in [-0.25, -0.2) is 4.98 Å². The van der Waals surface area contributed by atoms with Gasteiger partial charge in [0.25, 0.3) is 0 Å². The largest absolute Gasteiger partial charge is 0.345 e. The Labute approximate surface area is 120 Å². The summed E-state index contributed by atoms with van der Waals surface area (Å²) >= 11 is 1.89. The van der Waals surface area contributed by atoms with Crippen LogP contribution in [-0.4, -0.2) is 24.1 Å². The van der Waals surface area contributed by atoms with E-state index in [0.717, 1.165) is 25.0 Å². The van der Waals surface area contributed by atoms with E-state index in [0.29, 0.717) is 0 Å². The molecule has 0 bridgehead atoms. The molecule has 1 aliphatic heterocycles. The minimum Gasteiger partial charge on any atom is -0.345 e. The van der Waals surface area contributed by atoms with Crippen molar-refractivity contribution in [3.05, 3.63) is 11.1 Å². The van der Waals surface area contributed by atoms with Gasteiger partial charge in [-0.2, -0.15) is 0 Å². The number of fused-ring (bicyclic) bond motifs is 1. The second-order valence-corrected chi connectivity index (χ2v) is 6.93. The Morgan fingerprint density at radius 1 is 1.32 bits per heavy atom. The predicted octanol–water partition coefficient (Wildman–Crippen LogP) is 3.41. The van der Waals surface area contributed by atoms with Crippen LogP contribution < -0.4 is 10.2 Å². The van der Waals surface area contributed by atoms with Gasteiger partial charge < -0.3 is 10.2 Å². The maximum absolute atomic E-state index is 4.69. The van der Waals surface area contributed by atoms with Crippen LogP contribution in [0.4, 0.5) is 5.13 Å². The summed E-state index contributed by atoms with van der Waals surface area (Å²) < 4.78 is 0. The second kappa shape index (κ2) is 6.23. The SMILES string of the molecule is CCNCc1cnc(N2CCC[C@H]3CCCC[C@H]32)s1. The Kier molecular flexibility index (Phi) is 4.38. The smallest absolute Gasteiger partial charge is 0.185 e. The molecule has 2 heterocycles. The lowest BCUT2D eigenvalue weighted by Crippen LogP contribution is -2.46. The van der Waals surface area contributed by atoms with E-state index in [-0.39, 0.29) is 0 Å². The molecular weight excluding hydrogens is 254 g/mol. The zero-order valence-corrected chi connectivity index (χ0v) is 12.7. The molecule has 1 saturated heterocycles. The number of hydrogen-bond acceptors (Lipinski definition) is 4. The number of thiazole rings is 1. The van der Waals surface area contributed by atoms with Crippen molar-refractivity contribution in [2.24, 2.45) is 5.92 Å². The van der Waals surface area contributed by atoms with Crippen LogP contribution in [0.25, 0.3) is 0 Å². The Hall–Kier alpha value is -0.610. The van der Waals surface area contributed by atoms with E-state index >= 15 is 0 Å². The molecule has 3 nitrogen and oxygen atoms in total. The van der Waals surface area contributed by atoms with Crippen LogP contribution in [0.5, 0.6) is 0 Å². The average Bonchev–Trinajstić information content (AvgIpc) is 2.93. The van der Waals surface area contributed by atoms with Crippen molar-refractivity contribution in [2.75, 3.05) is 18.0 Å². The molecule has 1 aliphatic carbocycles. The topological polar surface area (TPSA) is 28.2 Å². The lowest BCUT2D eigenvalue weighted by molar-refractivity contribution is 0.243. The van der Waals surface area contributed by atoms with E-state index in [9.17, 15) is 0 Å². The van der Waals surface area contributed by atoms with E-state index in [1.54, 1.807) is 0 Å². The first-order chi connectivity index (χ1) is 9.38. The Bertz CT molecular complexity index is 402. The lowest BCUT2D eigenvalue weighted by atomic mass is 9.78. The molecular formula is C15H25N3S. The molecule has 106 valence electrons. The predicted molar refractivity (Wildman–Crippen MR) is 81.8 cm³/mol. The van der Waals surface area contributed by atoms with Crippen molar-refractivity contribution < 1.29 is 0 Å². The molecule has 1 N–H and O–H groups in total. The zero-order chi connectivity index (χ0) is 13.1. The molecule has 0 aromatic carbocycles. The van der Waals surface area contributed by atoms with Crippen LogP contribution in [0.3, 0.4) is 0 Å². The van der Waals surface area contributed by atoms with E-state index in [1.165, 1.54) is 55.1 Å². The fourth-order valence-electron chi connectivity index (χ4n) is 3.62. The highest BCUT2D eigenvalue weighted by Gasteiger charge is 2.34. The van der Waals surface area contributed by atoms with Crippen molar-refractivity contribution in [3.63, 3.8) is 0 Å². The molecule has 1 saturated carbocycles. The van der Waals surface area contributed by atoms with Gasteiger partial charge in [0, 0.05) is 30.2 Å². The molecule has 0 unspecified atom stereocenters. The fourth-order valence-corrected chi connectivity index (χ4v) is 4.59. The van der Waals surface area contributed by atoms with Crippen LogP contribution in [-0.2, 0) is 6.54 Å². The molecule has 1 aromatic rings. The Morgan fingerprint density at radius 3 is 3.05 bits per heavy atom. The summed E-state index contributed by atoms with van der Waals surface area (Å²) in [5, 5.41) is 4.66. The quantitative estimate of drug-likeness (QED) is 0.915. The molecule has 1 aromatic heterocycles. The number of hydrogen-bond donors (Lipinski definition) is 1. The van der Waals surface area contributed by atoms with Gasteiger partial charge in [-0.05, 0) is 38.1 Å². The highest BCUT2D eigenvalue weighted by molar-refractivity contribution is 7.15. The first-order valence-electron chi connectivity index (χ1n) is 7.80. The normalized spacial score (nSPS) is 27.3. The maximum atomic E-state index is 4.69. The minimum absolute atomic E-state index is 0.778. The van der Waals surface area contributed by atoms with Crippen LogP contribution in [0.2, 0.25) is 0 Å². The first kappa shape index (κ1) is 13.4. The molecule has 4 heteroatoms. The highest BCUT2D eigenvalue weighted by Crippen LogP contribution is 2.38. The van der Waals surface area contributed by atoms with Gasteiger partial charge in [-0.1, -0.05) is 19.8 Å². The van der Waals surface area contributed by atoms with Crippen LogP contribution in [0.1, 0.15) is 50.3 Å². The minimum atomic E-state index is 0.778. The van der Waals surface area contributed by atoms with E-state index < -0.39 is 0 Å².